The zero-order valence-corrected chi connectivity index (χ0v) is 13.1. The predicted octanol–water partition coefficient (Wildman–Crippen LogP) is 2.65. The fraction of sp³-hybridized carbons (Fsp3) is 0.625. The van der Waals surface area contributed by atoms with Crippen molar-refractivity contribution in [2.45, 2.75) is 32.7 Å². The standard InChI is InChI=1S/C16H27NO3/c1-5-20-16-11-14(8-9-15(16)19-4)7-6-10-17-13(2)12-18-3/h8-9,11,13,17H,5-7,10,12H2,1-4H3/t13-/m1/s1. The Hall–Kier alpha value is -1.26. The first-order valence-corrected chi connectivity index (χ1v) is 7.23. The summed E-state index contributed by atoms with van der Waals surface area (Å²) in [6.45, 7) is 6.49. The highest BCUT2D eigenvalue weighted by Crippen LogP contribution is 2.28. The van der Waals surface area contributed by atoms with E-state index >= 15 is 0 Å². The van der Waals surface area contributed by atoms with Gasteiger partial charge in [0.05, 0.1) is 20.3 Å². The lowest BCUT2D eigenvalue weighted by molar-refractivity contribution is 0.172. The molecule has 0 aromatic heterocycles. The SMILES string of the molecule is CCOc1cc(CCCN[C@H](C)COC)ccc1OC. The molecule has 0 radical (unpaired) electrons. The molecule has 1 N–H and O–H groups in total. The second-order valence-electron chi connectivity index (χ2n) is 4.83. The van der Waals surface area contributed by atoms with Gasteiger partial charge in [-0.1, -0.05) is 6.07 Å². The van der Waals surface area contributed by atoms with E-state index in [9.17, 15) is 0 Å². The lowest BCUT2D eigenvalue weighted by Gasteiger charge is -2.13. The van der Waals surface area contributed by atoms with E-state index in [0.29, 0.717) is 12.6 Å². The monoisotopic (exact) mass is 281 g/mol. The van der Waals surface area contributed by atoms with Gasteiger partial charge in [0.15, 0.2) is 11.5 Å². The summed E-state index contributed by atoms with van der Waals surface area (Å²) in [6, 6.07) is 6.54. The Kier molecular flexibility index (Phi) is 8.07. The highest BCUT2D eigenvalue weighted by atomic mass is 16.5. The molecule has 0 amide bonds. The van der Waals surface area contributed by atoms with E-state index in [4.69, 9.17) is 14.2 Å². The first-order chi connectivity index (χ1) is 9.71. The number of nitrogens with one attached hydrogen (secondary N) is 1. The topological polar surface area (TPSA) is 39.7 Å². The van der Waals surface area contributed by atoms with Crippen LogP contribution in [0.3, 0.4) is 0 Å². The molecule has 4 nitrogen and oxygen atoms in total. The molecule has 4 heteroatoms. The van der Waals surface area contributed by atoms with Gasteiger partial charge in [-0.3, -0.25) is 0 Å². The van der Waals surface area contributed by atoms with Crippen molar-refractivity contribution in [1.29, 1.82) is 0 Å². The number of rotatable bonds is 10. The molecule has 0 saturated carbocycles. The molecule has 20 heavy (non-hydrogen) atoms. The van der Waals surface area contributed by atoms with Gasteiger partial charge in [0.1, 0.15) is 0 Å². The molecule has 0 aliphatic heterocycles. The average Bonchev–Trinajstić information content (AvgIpc) is 2.44. The van der Waals surface area contributed by atoms with Crippen LogP contribution in [0.25, 0.3) is 0 Å². The number of aryl methyl sites for hydroxylation is 1. The summed E-state index contributed by atoms with van der Waals surface area (Å²) >= 11 is 0. The Balaban J connectivity index is 2.42. The van der Waals surface area contributed by atoms with Crippen LogP contribution in [0.1, 0.15) is 25.8 Å². The van der Waals surface area contributed by atoms with Gasteiger partial charge >= 0.3 is 0 Å². The zero-order chi connectivity index (χ0) is 14.8. The van der Waals surface area contributed by atoms with Gasteiger partial charge in [0.25, 0.3) is 0 Å². The van der Waals surface area contributed by atoms with Crippen LogP contribution in [0, 0.1) is 0 Å². The van der Waals surface area contributed by atoms with Crippen LogP contribution >= 0.6 is 0 Å². The van der Waals surface area contributed by atoms with Crippen LogP contribution in [0.2, 0.25) is 0 Å². The molecule has 1 rings (SSSR count). The van der Waals surface area contributed by atoms with Gasteiger partial charge in [-0.25, -0.2) is 0 Å². The van der Waals surface area contributed by atoms with Gasteiger partial charge in [0.2, 0.25) is 0 Å². The second-order valence-corrected chi connectivity index (χ2v) is 4.83. The molecule has 0 spiro atoms. The van der Waals surface area contributed by atoms with Crippen LogP contribution < -0.4 is 14.8 Å². The van der Waals surface area contributed by atoms with E-state index in [0.717, 1.165) is 37.5 Å². The summed E-state index contributed by atoms with van der Waals surface area (Å²) in [5, 5.41) is 3.44. The zero-order valence-electron chi connectivity index (χ0n) is 13.1. The molecule has 0 bridgehead atoms. The maximum atomic E-state index is 5.59. The predicted molar refractivity (Wildman–Crippen MR) is 81.8 cm³/mol. The fourth-order valence-electron chi connectivity index (χ4n) is 2.09. The normalized spacial score (nSPS) is 12.2. The molecule has 0 fully saturated rings. The number of methoxy groups -OCH3 is 2. The largest absolute Gasteiger partial charge is 0.493 e. The summed E-state index contributed by atoms with van der Waals surface area (Å²) in [5.74, 6) is 1.62. The van der Waals surface area contributed by atoms with Gasteiger partial charge < -0.3 is 19.5 Å². The average molecular weight is 281 g/mol. The molecular formula is C16H27NO3. The summed E-state index contributed by atoms with van der Waals surface area (Å²) < 4.78 is 16.0. The van der Waals surface area contributed by atoms with Gasteiger partial charge in [-0.05, 0) is 50.9 Å². The first kappa shape index (κ1) is 16.8. The number of benzene rings is 1. The maximum absolute atomic E-state index is 5.59. The van der Waals surface area contributed by atoms with Crippen LogP contribution in [0.15, 0.2) is 18.2 Å². The van der Waals surface area contributed by atoms with Crippen LogP contribution in [0.4, 0.5) is 0 Å². The van der Waals surface area contributed by atoms with E-state index in [1.165, 1.54) is 5.56 Å². The van der Waals surface area contributed by atoms with E-state index in [1.54, 1.807) is 14.2 Å². The molecule has 0 aliphatic carbocycles. The van der Waals surface area contributed by atoms with Crippen molar-refractivity contribution in [2.75, 3.05) is 34.0 Å². The fourth-order valence-corrected chi connectivity index (χ4v) is 2.09. The summed E-state index contributed by atoms with van der Waals surface area (Å²) in [6.07, 6.45) is 2.11. The maximum Gasteiger partial charge on any atom is 0.161 e. The molecule has 114 valence electrons. The summed E-state index contributed by atoms with van der Waals surface area (Å²) in [4.78, 5) is 0. The highest BCUT2D eigenvalue weighted by Gasteiger charge is 2.05. The van der Waals surface area contributed by atoms with Crippen molar-refractivity contribution in [3.63, 3.8) is 0 Å². The molecule has 0 unspecified atom stereocenters. The Morgan fingerprint density at radius 1 is 1.20 bits per heavy atom. The van der Waals surface area contributed by atoms with Gasteiger partial charge in [0, 0.05) is 13.2 Å². The molecule has 0 heterocycles. The highest BCUT2D eigenvalue weighted by molar-refractivity contribution is 5.43. The lowest BCUT2D eigenvalue weighted by Crippen LogP contribution is -2.31. The van der Waals surface area contributed by atoms with Crippen molar-refractivity contribution in [2.24, 2.45) is 0 Å². The van der Waals surface area contributed by atoms with Crippen LogP contribution in [0.5, 0.6) is 11.5 Å². The quantitative estimate of drug-likeness (QED) is 0.669. The number of hydrogen-bond acceptors (Lipinski definition) is 4. The van der Waals surface area contributed by atoms with E-state index in [1.807, 2.05) is 13.0 Å². The Morgan fingerprint density at radius 3 is 2.65 bits per heavy atom. The van der Waals surface area contributed by atoms with Crippen molar-refractivity contribution in [3.8, 4) is 11.5 Å². The van der Waals surface area contributed by atoms with Crippen molar-refractivity contribution >= 4 is 0 Å². The van der Waals surface area contributed by atoms with Crippen molar-refractivity contribution in [1.82, 2.24) is 5.32 Å². The van der Waals surface area contributed by atoms with E-state index in [-0.39, 0.29) is 0 Å². The van der Waals surface area contributed by atoms with Crippen LogP contribution in [-0.2, 0) is 11.2 Å². The van der Waals surface area contributed by atoms with E-state index < -0.39 is 0 Å². The van der Waals surface area contributed by atoms with Gasteiger partial charge in [-0.2, -0.15) is 0 Å². The number of ether oxygens (including phenoxy) is 3. The molecule has 1 aromatic rings. The third kappa shape index (κ3) is 5.80. The molecule has 1 atom stereocenters. The Labute approximate surface area is 122 Å². The van der Waals surface area contributed by atoms with Gasteiger partial charge in [-0.15, -0.1) is 0 Å². The molecule has 1 aromatic carbocycles. The lowest BCUT2D eigenvalue weighted by atomic mass is 10.1. The molecule has 0 aliphatic rings. The number of hydrogen-bond donors (Lipinski definition) is 1. The minimum Gasteiger partial charge on any atom is -0.493 e. The van der Waals surface area contributed by atoms with E-state index in [2.05, 4.69) is 24.4 Å². The smallest absolute Gasteiger partial charge is 0.161 e. The minimum atomic E-state index is 0.398. The molecular weight excluding hydrogens is 254 g/mol. The Bertz CT molecular complexity index is 382. The Morgan fingerprint density at radius 2 is 2.00 bits per heavy atom. The van der Waals surface area contributed by atoms with Crippen LogP contribution in [-0.4, -0.2) is 40.0 Å². The second kappa shape index (κ2) is 9.61. The summed E-state index contributed by atoms with van der Waals surface area (Å²) in [5.41, 5.74) is 1.27. The van der Waals surface area contributed by atoms with Crippen molar-refractivity contribution < 1.29 is 14.2 Å². The minimum absolute atomic E-state index is 0.398. The van der Waals surface area contributed by atoms with Crippen molar-refractivity contribution in [3.05, 3.63) is 23.8 Å². The third-order valence-electron chi connectivity index (χ3n) is 3.08. The first-order valence-electron chi connectivity index (χ1n) is 7.23. The third-order valence-corrected chi connectivity index (χ3v) is 3.08. The molecule has 0 saturated heterocycles. The summed E-state index contributed by atoms with van der Waals surface area (Å²) in [7, 11) is 3.39.